The van der Waals surface area contributed by atoms with Crippen LogP contribution in [0.3, 0.4) is 0 Å². The molecule has 0 amide bonds. The van der Waals surface area contributed by atoms with E-state index in [0.717, 1.165) is 5.56 Å². The number of hydrogen-bond acceptors (Lipinski definition) is 1. The molecule has 0 heterocycles. The Bertz CT molecular complexity index is 683. The quantitative estimate of drug-likeness (QED) is 0.732. The van der Waals surface area contributed by atoms with Crippen LogP contribution in [0.5, 0.6) is 0 Å². The van der Waals surface area contributed by atoms with Gasteiger partial charge >= 0.3 is 0 Å². The lowest BCUT2D eigenvalue weighted by Gasteiger charge is -2.23. The van der Waals surface area contributed by atoms with Gasteiger partial charge in [-0.25, -0.2) is 0 Å². The number of hydrogen-bond donors (Lipinski definition) is 1. The molecule has 22 heavy (non-hydrogen) atoms. The highest BCUT2D eigenvalue weighted by Gasteiger charge is 2.20. The lowest BCUT2D eigenvalue weighted by Crippen LogP contribution is -2.24. The van der Waals surface area contributed by atoms with E-state index < -0.39 is 14.0 Å². The summed E-state index contributed by atoms with van der Waals surface area (Å²) < 4.78 is 0. The van der Waals surface area contributed by atoms with Crippen LogP contribution < -0.4 is 15.9 Å². The molecule has 0 aliphatic heterocycles. The summed E-state index contributed by atoms with van der Waals surface area (Å²) in [6.45, 7) is 1.84. The zero-order chi connectivity index (χ0) is 15.4. The molecule has 3 rings (SSSR count). The maximum absolute atomic E-state index is 10.2. The molecule has 0 unspecified atom stereocenters. The highest BCUT2D eigenvalue weighted by molar-refractivity contribution is 7.79. The predicted molar refractivity (Wildman–Crippen MR) is 95.8 cm³/mol. The molecule has 0 saturated carbocycles. The molecule has 0 aliphatic carbocycles. The van der Waals surface area contributed by atoms with Crippen LogP contribution in [0.4, 0.5) is 0 Å². The third-order valence-corrected chi connectivity index (χ3v) is 6.17. The van der Waals surface area contributed by atoms with E-state index in [-0.39, 0.29) is 0 Å². The fourth-order valence-electron chi connectivity index (χ4n) is 2.63. The zero-order valence-electron chi connectivity index (χ0n) is 12.6. The molecular weight excluding hydrogens is 287 g/mol. The highest BCUT2D eigenvalue weighted by atomic mass is 31.1. The van der Waals surface area contributed by atoms with Gasteiger partial charge in [0.25, 0.3) is 0 Å². The van der Waals surface area contributed by atoms with Gasteiger partial charge in [0.15, 0.2) is 0 Å². The summed E-state index contributed by atoms with van der Waals surface area (Å²) in [5.74, 6) is 0. The van der Waals surface area contributed by atoms with Crippen LogP contribution in [0.15, 0.2) is 84.9 Å². The topological polar surface area (TPSA) is 20.2 Å². The van der Waals surface area contributed by atoms with E-state index in [1.807, 2.05) is 31.2 Å². The molecular formula is C20H19OP. The summed E-state index contributed by atoms with van der Waals surface area (Å²) in [5.41, 5.74) is 1.02. The number of aliphatic hydroxyl groups excluding tert-OH is 1. The minimum Gasteiger partial charge on any atom is -0.389 e. The first kappa shape index (κ1) is 15.0. The van der Waals surface area contributed by atoms with Crippen LogP contribution >= 0.6 is 7.92 Å². The Labute approximate surface area is 133 Å². The second kappa shape index (κ2) is 6.87. The van der Waals surface area contributed by atoms with Gasteiger partial charge in [0.05, 0.1) is 6.10 Å². The third-order valence-electron chi connectivity index (χ3n) is 3.66. The summed E-state index contributed by atoms with van der Waals surface area (Å²) in [6, 6.07) is 29.4. The monoisotopic (exact) mass is 306 g/mol. The molecule has 0 fully saturated rings. The molecule has 0 aromatic heterocycles. The predicted octanol–water partition coefficient (Wildman–Crippen LogP) is 3.50. The minimum atomic E-state index is -0.659. The molecule has 0 radical (unpaired) electrons. The maximum atomic E-state index is 10.2. The lowest BCUT2D eigenvalue weighted by atomic mass is 10.1. The molecule has 3 aromatic carbocycles. The van der Waals surface area contributed by atoms with Crippen molar-refractivity contribution in [2.24, 2.45) is 0 Å². The van der Waals surface area contributed by atoms with Crippen molar-refractivity contribution in [2.75, 3.05) is 0 Å². The van der Waals surface area contributed by atoms with Crippen LogP contribution in [-0.4, -0.2) is 5.11 Å². The molecule has 1 N–H and O–H groups in total. The molecule has 0 saturated heterocycles. The Morgan fingerprint density at radius 3 is 1.64 bits per heavy atom. The van der Waals surface area contributed by atoms with Crippen molar-refractivity contribution in [3.05, 3.63) is 90.5 Å². The molecule has 2 heteroatoms. The van der Waals surface area contributed by atoms with Crippen molar-refractivity contribution in [1.29, 1.82) is 0 Å². The molecule has 1 atom stereocenters. The van der Waals surface area contributed by atoms with E-state index in [1.165, 1.54) is 15.9 Å². The molecule has 3 aromatic rings. The second-order valence-corrected chi connectivity index (χ2v) is 7.43. The van der Waals surface area contributed by atoms with Crippen LogP contribution in [0.1, 0.15) is 18.6 Å². The van der Waals surface area contributed by atoms with Crippen molar-refractivity contribution in [1.82, 2.24) is 0 Å². The SMILES string of the molecule is C[C@H](O)c1ccccc1P(c1ccccc1)c1ccccc1. The maximum Gasteiger partial charge on any atom is 0.0768 e. The fraction of sp³-hybridized carbons (Fsp3) is 0.100. The smallest absolute Gasteiger partial charge is 0.0768 e. The molecule has 0 aliphatic rings. The van der Waals surface area contributed by atoms with Crippen LogP contribution in [0, 0.1) is 0 Å². The van der Waals surface area contributed by atoms with Crippen molar-refractivity contribution in [3.63, 3.8) is 0 Å². The lowest BCUT2D eigenvalue weighted by molar-refractivity contribution is 0.200. The van der Waals surface area contributed by atoms with Gasteiger partial charge < -0.3 is 5.11 Å². The zero-order valence-corrected chi connectivity index (χ0v) is 13.4. The summed E-state index contributed by atoms with van der Waals surface area (Å²) >= 11 is 0. The van der Waals surface area contributed by atoms with E-state index in [1.54, 1.807) is 0 Å². The Morgan fingerprint density at radius 1 is 0.682 bits per heavy atom. The largest absolute Gasteiger partial charge is 0.389 e. The van der Waals surface area contributed by atoms with E-state index in [0.29, 0.717) is 0 Å². The fourth-order valence-corrected chi connectivity index (χ4v) is 5.18. The standard InChI is InChI=1S/C20H19OP/c1-16(21)19-14-8-9-15-20(19)22(17-10-4-2-5-11-17)18-12-6-3-7-13-18/h2-16,21H,1H3/t16-/m0/s1. The summed E-state index contributed by atoms with van der Waals surface area (Å²) in [4.78, 5) is 0. The molecule has 0 spiro atoms. The summed E-state index contributed by atoms with van der Waals surface area (Å²) in [6.07, 6.45) is -0.464. The highest BCUT2D eigenvalue weighted by Crippen LogP contribution is 2.35. The second-order valence-electron chi connectivity index (χ2n) is 5.24. The van der Waals surface area contributed by atoms with Crippen molar-refractivity contribution < 1.29 is 5.11 Å². The minimum absolute atomic E-state index is 0.464. The van der Waals surface area contributed by atoms with E-state index in [9.17, 15) is 5.11 Å². The van der Waals surface area contributed by atoms with E-state index in [4.69, 9.17) is 0 Å². The Balaban J connectivity index is 2.19. The Kier molecular flexibility index (Phi) is 4.68. The average Bonchev–Trinajstić information content (AvgIpc) is 2.57. The van der Waals surface area contributed by atoms with Gasteiger partial charge in [-0.1, -0.05) is 84.9 Å². The van der Waals surface area contributed by atoms with Gasteiger partial charge in [0.2, 0.25) is 0 Å². The molecule has 1 nitrogen and oxygen atoms in total. The first-order valence-electron chi connectivity index (χ1n) is 7.44. The van der Waals surface area contributed by atoms with Gasteiger partial charge in [0.1, 0.15) is 0 Å². The van der Waals surface area contributed by atoms with Crippen LogP contribution in [0.25, 0.3) is 0 Å². The van der Waals surface area contributed by atoms with E-state index in [2.05, 4.69) is 60.7 Å². The van der Waals surface area contributed by atoms with E-state index >= 15 is 0 Å². The number of benzene rings is 3. The summed E-state index contributed by atoms with van der Waals surface area (Å²) in [5, 5.41) is 14.0. The van der Waals surface area contributed by atoms with Gasteiger partial charge in [-0.3, -0.25) is 0 Å². The van der Waals surface area contributed by atoms with Gasteiger partial charge in [-0.15, -0.1) is 0 Å². The van der Waals surface area contributed by atoms with Crippen LogP contribution in [0.2, 0.25) is 0 Å². The van der Waals surface area contributed by atoms with Gasteiger partial charge in [-0.2, -0.15) is 0 Å². The normalized spacial score (nSPS) is 12.3. The van der Waals surface area contributed by atoms with Gasteiger partial charge in [0, 0.05) is 0 Å². The Hall–Kier alpha value is -1.95. The van der Waals surface area contributed by atoms with Crippen molar-refractivity contribution in [2.45, 2.75) is 13.0 Å². The molecule has 110 valence electrons. The van der Waals surface area contributed by atoms with Gasteiger partial charge in [-0.05, 0) is 36.3 Å². The van der Waals surface area contributed by atoms with Crippen molar-refractivity contribution >= 4 is 23.8 Å². The first-order valence-corrected chi connectivity index (χ1v) is 8.79. The van der Waals surface area contributed by atoms with Crippen molar-refractivity contribution in [3.8, 4) is 0 Å². The summed E-state index contributed by atoms with van der Waals surface area (Å²) in [7, 11) is -0.659. The number of rotatable bonds is 4. The average molecular weight is 306 g/mol. The first-order chi connectivity index (χ1) is 10.8. The third kappa shape index (κ3) is 3.11. The van der Waals surface area contributed by atoms with Crippen LogP contribution in [-0.2, 0) is 0 Å². The number of aliphatic hydroxyl groups is 1. The Morgan fingerprint density at radius 2 is 1.14 bits per heavy atom. The molecule has 0 bridgehead atoms.